The molecule has 96 valence electrons. The number of benzene rings is 1. The molecule has 2 N–H and O–H groups in total. The minimum absolute atomic E-state index is 0.337. The Morgan fingerprint density at radius 2 is 1.94 bits per heavy atom. The molecular formula is C12H17Br2NO2. The average Bonchev–Trinajstić information content (AvgIpc) is 2.22. The predicted molar refractivity (Wildman–Crippen MR) is 76.4 cm³/mol. The molecule has 3 nitrogen and oxygen atoms in total. The molecule has 0 amide bonds. The van der Waals surface area contributed by atoms with Gasteiger partial charge in [0.05, 0.1) is 21.7 Å². The maximum absolute atomic E-state index is 9.17. The van der Waals surface area contributed by atoms with Crippen LogP contribution in [0.15, 0.2) is 21.1 Å². The Morgan fingerprint density at radius 1 is 1.35 bits per heavy atom. The van der Waals surface area contributed by atoms with Crippen molar-refractivity contribution < 1.29 is 9.84 Å². The minimum atomic E-state index is -0.337. The Bertz CT molecular complexity index is 347. The van der Waals surface area contributed by atoms with Gasteiger partial charge in [-0.3, -0.25) is 0 Å². The summed E-state index contributed by atoms with van der Waals surface area (Å²) in [5.41, 5.74) is 1.18. The maximum Gasteiger partial charge on any atom is 0.147 e. The van der Waals surface area contributed by atoms with Crippen molar-refractivity contribution in [3.8, 4) is 5.75 Å². The van der Waals surface area contributed by atoms with Crippen LogP contribution in [0.5, 0.6) is 5.75 Å². The molecule has 0 aromatic heterocycles. The van der Waals surface area contributed by atoms with Crippen LogP contribution in [-0.4, -0.2) is 24.9 Å². The lowest BCUT2D eigenvalue weighted by molar-refractivity contribution is 0.155. The van der Waals surface area contributed by atoms with E-state index in [1.807, 2.05) is 19.2 Å². The third-order valence-electron chi connectivity index (χ3n) is 2.22. The van der Waals surface area contributed by atoms with Gasteiger partial charge in [-0.05, 0) is 63.5 Å². The molecule has 1 rings (SSSR count). The lowest BCUT2D eigenvalue weighted by Crippen LogP contribution is -2.09. The lowest BCUT2D eigenvalue weighted by atomic mass is 10.2. The van der Waals surface area contributed by atoms with Crippen LogP contribution in [0.25, 0.3) is 0 Å². The fraction of sp³-hybridized carbons (Fsp3) is 0.500. The highest BCUT2D eigenvalue weighted by Crippen LogP contribution is 2.34. The number of ether oxygens (including phenoxy) is 1. The normalized spacial score (nSPS) is 12.5. The summed E-state index contributed by atoms with van der Waals surface area (Å²) in [5.74, 6) is 0.783. The maximum atomic E-state index is 9.17. The number of halogens is 2. The summed E-state index contributed by atoms with van der Waals surface area (Å²) < 4.78 is 7.48. The van der Waals surface area contributed by atoms with Gasteiger partial charge in [0, 0.05) is 13.0 Å². The summed E-state index contributed by atoms with van der Waals surface area (Å²) in [6, 6.07) is 4.05. The molecule has 17 heavy (non-hydrogen) atoms. The van der Waals surface area contributed by atoms with Crippen LogP contribution < -0.4 is 10.1 Å². The Labute approximate surface area is 119 Å². The Balaban J connectivity index is 2.72. The molecule has 0 radical (unpaired) electrons. The molecule has 0 saturated carbocycles. The van der Waals surface area contributed by atoms with Gasteiger partial charge in [0.25, 0.3) is 0 Å². The van der Waals surface area contributed by atoms with Gasteiger partial charge in [-0.1, -0.05) is 0 Å². The number of hydrogen-bond donors (Lipinski definition) is 2. The third kappa shape index (κ3) is 4.95. The van der Waals surface area contributed by atoms with Gasteiger partial charge >= 0.3 is 0 Å². The molecule has 0 aliphatic rings. The zero-order chi connectivity index (χ0) is 12.8. The molecule has 5 heteroatoms. The van der Waals surface area contributed by atoms with E-state index in [0.29, 0.717) is 13.0 Å². The molecule has 0 fully saturated rings. The molecule has 0 bridgehead atoms. The van der Waals surface area contributed by atoms with Crippen molar-refractivity contribution in [1.82, 2.24) is 5.32 Å². The molecular weight excluding hydrogens is 350 g/mol. The van der Waals surface area contributed by atoms with Crippen LogP contribution in [0, 0.1) is 0 Å². The molecule has 0 heterocycles. The number of aliphatic hydroxyl groups is 1. The monoisotopic (exact) mass is 365 g/mol. The fourth-order valence-corrected chi connectivity index (χ4v) is 2.90. The SMILES string of the molecule is CNCc1cc(Br)c(OCCC(C)O)c(Br)c1. The Kier molecular flexibility index (Phi) is 6.48. The van der Waals surface area contributed by atoms with Crippen molar-refractivity contribution >= 4 is 31.9 Å². The van der Waals surface area contributed by atoms with Gasteiger partial charge < -0.3 is 15.2 Å². The van der Waals surface area contributed by atoms with Crippen LogP contribution >= 0.6 is 31.9 Å². The van der Waals surface area contributed by atoms with Crippen LogP contribution in [0.1, 0.15) is 18.9 Å². The number of rotatable bonds is 6. The molecule has 0 spiro atoms. The zero-order valence-electron chi connectivity index (χ0n) is 9.96. The summed E-state index contributed by atoms with van der Waals surface area (Å²) >= 11 is 6.98. The molecule has 0 aliphatic heterocycles. The minimum Gasteiger partial charge on any atom is -0.491 e. The van der Waals surface area contributed by atoms with Crippen LogP contribution in [0.4, 0.5) is 0 Å². The first-order valence-electron chi connectivity index (χ1n) is 5.48. The fourth-order valence-electron chi connectivity index (χ4n) is 1.39. The van der Waals surface area contributed by atoms with E-state index in [1.54, 1.807) is 6.92 Å². The second-order valence-electron chi connectivity index (χ2n) is 3.91. The average molecular weight is 367 g/mol. The summed E-state index contributed by atoms with van der Waals surface area (Å²) in [5, 5.41) is 12.3. The van der Waals surface area contributed by atoms with Crippen LogP contribution in [0.2, 0.25) is 0 Å². The van der Waals surface area contributed by atoms with E-state index < -0.39 is 0 Å². The van der Waals surface area contributed by atoms with Crippen molar-refractivity contribution in [1.29, 1.82) is 0 Å². The summed E-state index contributed by atoms with van der Waals surface area (Å²) in [4.78, 5) is 0. The van der Waals surface area contributed by atoms with Gasteiger partial charge in [0.2, 0.25) is 0 Å². The molecule has 1 aromatic carbocycles. The van der Waals surface area contributed by atoms with Gasteiger partial charge in [-0.15, -0.1) is 0 Å². The number of hydrogen-bond acceptors (Lipinski definition) is 3. The highest BCUT2D eigenvalue weighted by atomic mass is 79.9. The molecule has 0 saturated heterocycles. The number of nitrogens with one attached hydrogen (secondary N) is 1. The summed E-state index contributed by atoms with van der Waals surface area (Å²) in [6.45, 7) is 3.06. The second-order valence-corrected chi connectivity index (χ2v) is 5.61. The first-order chi connectivity index (χ1) is 8.04. The summed E-state index contributed by atoms with van der Waals surface area (Å²) in [6.07, 6.45) is 0.285. The second kappa shape index (κ2) is 7.36. The summed E-state index contributed by atoms with van der Waals surface area (Å²) in [7, 11) is 1.91. The molecule has 0 aliphatic carbocycles. The van der Waals surface area contributed by atoms with E-state index in [-0.39, 0.29) is 6.10 Å². The Morgan fingerprint density at radius 3 is 2.41 bits per heavy atom. The standard InChI is InChI=1S/C12H17Br2NO2/c1-8(16)3-4-17-12-10(13)5-9(7-15-2)6-11(12)14/h5-6,8,15-16H,3-4,7H2,1-2H3. The molecule has 1 unspecified atom stereocenters. The number of aliphatic hydroxyl groups excluding tert-OH is 1. The van der Waals surface area contributed by atoms with Gasteiger partial charge in [0.15, 0.2) is 0 Å². The van der Waals surface area contributed by atoms with Crippen molar-refractivity contribution in [3.05, 3.63) is 26.6 Å². The Hall–Kier alpha value is -0.100. The highest BCUT2D eigenvalue weighted by molar-refractivity contribution is 9.11. The van der Waals surface area contributed by atoms with E-state index in [4.69, 9.17) is 4.74 Å². The molecule has 1 atom stereocenters. The zero-order valence-corrected chi connectivity index (χ0v) is 13.1. The van der Waals surface area contributed by atoms with E-state index in [2.05, 4.69) is 37.2 Å². The van der Waals surface area contributed by atoms with Crippen LogP contribution in [0.3, 0.4) is 0 Å². The van der Waals surface area contributed by atoms with E-state index in [1.165, 1.54) is 5.56 Å². The van der Waals surface area contributed by atoms with Crippen molar-refractivity contribution in [2.75, 3.05) is 13.7 Å². The highest BCUT2D eigenvalue weighted by Gasteiger charge is 2.09. The van der Waals surface area contributed by atoms with E-state index in [9.17, 15) is 5.11 Å². The first kappa shape index (κ1) is 15.0. The third-order valence-corrected chi connectivity index (χ3v) is 3.40. The predicted octanol–water partition coefficient (Wildman–Crippen LogP) is 3.08. The lowest BCUT2D eigenvalue weighted by Gasteiger charge is -2.13. The van der Waals surface area contributed by atoms with Crippen LogP contribution in [-0.2, 0) is 6.54 Å². The van der Waals surface area contributed by atoms with Crippen molar-refractivity contribution in [2.45, 2.75) is 26.0 Å². The largest absolute Gasteiger partial charge is 0.491 e. The quantitative estimate of drug-likeness (QED) is 0.812. The van der Waals surface area contributed by atoms with E-state index >= 15 is 0 Å². The van der Waals surface area contributed by atoms with Gasteiger partial charge in [-0.2, -0.15) is 0 Å². The topological polar surface area (TPSA) is 41.5 Å². The van der Waals surface area contributed by atoms with Crippen molar-refractivity contribution in [3.63, 3.8) is 0 Å². The van der Waals surface area contributed by atoms with Crippen molar-refractivity contribution in [2.24, 2.45) is 0 Å². The smallest absolute Gasteiger partial charge is 0.147 e. The van der Waals surface area contributed by atoms with E-state index in [0.717, 1.165) is 21.2 Å². The van der Waals surface area contributed by atoms with Gasteiger partial charge in [0.1, 0.15) is 5.75 Å². The van der Waals surface area contributed by atoms with Gasteiger partial charge in [-0.25, -0.2) is 0 Å². The first-order valence-corrected chi connectivity index (χ1v) is 7.06. The molecule has 1 aromatic rings.